The second-order valence-corrected chi connectivity index (χ2v) is 8.03. The van der Waals surface area contributed by atoms with E-state index in [9.17, 15) is 14.7 Å². The van der Waals surface area contributed by atoms with E-state index in [1.165, 1.54) is 0 Å². The standard InChI is InChI=1S/C23H26N2O3/c1-24-16-18(26)15-23(22(24)28)11-13-25(14-12-23)21(27)20-10-6-5-9-19(20)17-7-3-2-4-8-17/h2-10,18,26H,11-16H2,1H3. The van der Waals surface area contributed by atoms with Crippen molar-refractivity contribution in [1.29, 1.82) is 0 Å². The molecule has 5 heteroatoms. The quantitative estimate of drug-likeness (QED) is 0.874. The second-order valence-electron chi connectivity index (χ2n) is 8.03. The Morgan fingerprint density at radius 3 is 2.39 bits per heavy atom. The van der Waals surface area contributed by atoms with Crippen LogP contribution >= 0.6 is 0 Å². The van der Waals surface area contributed by atoms with Gasteiger partial charge in [0.15, 0.2) is 0 Å². The number of amides is 2. The maximum absolute atomic E-state index is 13.3. The molecule has 0 bridgehead atoms. The van der Waals surface area contributed by atoms with E-state index < -0.39 is 11.5 Å². The third kappa shape index (κ3) is 3.31. The summed E-state index contributed by atoms with van der Waals surface area (Å²) in [6.07, 6.45) is 1.22. The number of likely N-dealkylation sites (N-methyl/N-ethyl adjacent to an activating group) is 1. The molecular formula is C23H26N2O3. The van der Waals surface area contributed by atoms with Gasteiger partial charge in [-0.1, -0.05) is 48.5 Å². The smallest absolute Gasteiger partial charge is 0.254 e. The lowest BCUT2D eigenvalue weighted by Gasteiger charge is -2.47. The van der Waals surface area contributed by atoms with Crippen molar-refractivity contribution in [2.24, 2.45) is 5.41 Å². The van der Waals surface area contributed by atoms with Gasteiger partial charge < -0.3 is 14.9 Å². The lowest BCUT2D eigenvalue weighted by Crippen LogP contribution is -2.56. The molecule has 2 fully saturated rings. The topological polar surface area (TPSA) is 60.9 Å². The molecule has 5 nitrogen and oxygen atoms in total. The first kappa shape index (κ1) is 18.7. The molecule has 1 spiro atoms. The molecule has 2 amide bonds. The normalized spacial score (nSPS) is 21.8. The third-order valence-electron chi connectivity index (χ3n) is 6.16. The van der Waals surface area contributed by atoms with Crippen molar-refractivity contribution in [2.45, 2.75) is 25.4 Å². The van der Waals surface area contributed by atoms with Crippen LogP contribution in [-0.2, 0) is 4.79 Å². The first-order chi connectivity index (χ1) is 13.5. The van der Waals surface area contributed by atoms with Crippen LogP contribution in [0.2, 0.25) is 0 Å². The Morgan fingerprint density at radius 2 is 1.68 bits per heavy atom. The fourth-order valence-corrected chi connectivity index (χ4v) is 4.67. The minimum Gasteiger partial charge on any atom is -0.391 e. The van der Waals surface area contributed by atoms with Crippen LogP contribution in [0.25, 0.3) is 11.1 Å². The zero-order chi connectivity index (χ0) is 19.7. The van der Waals surface area contributed by atoms with E-state index in [4.69, 9.17) is 0 Å². The van der Waals surface area contributed by atoms with Crippen molar-refractivity contribution in [3.63, 3.8) is 0 Å². The summed E-state index contributed by atoms with van der Waals surface area (Å²) >= 11 is 0. The monoisotopic (exact) mass is 378 g/mol. The summed E-state index contributed by atoms with van der Waals surface area (Å²) in [4.78, 5) is 29.5. The van der Waals surface area contributed by atoms with Gasteiger partial charge in [0.1, 0.15) is 0 Å². The highest BCUT2D eigenvalue weighted by Crippen LogP contribution is 2.41. The van der Waals surface area contributed by atoms with E-state index >= 15 is 0 Å². The summed E-state index contributed by atoms with van der Waals surface area (Å²) in [5.41, 5.74) is 2.11. The van der Waals surface area contributed by atoms with Crippen molar-refractivity contribution >= 4 is 11.8 Å². The van der Waals surface area contributed by atoms with Crippen LogP contribution in [0, 0.1) is 5.41 Å². The number of β-amino-alcohol motifs (C(OH)–C–C–N with tert-alkyl or cyclic N) is 1. The summed E-state index contributed by atoms with van der Waals surface area (Å²) in [5, 5.41) is 10.2. The van der Waals surface area contributed by atoms with E-state index in [1.807, 2.05) is 59.5 Å². The molecule has 2 saturated heterocycles. The number of aliphatic hydroxyl groups excluding tert-OH is 1. The highest BCUT2D eigenvalue weighted by molar-refractivity contribution is 6.01. The molecule has 2 aromatic carbocycles. The predicted octanol–water partition coefficient (Wildman–Crippen LogP) is 2.80. The number of nitrogens with zero attached hydrogens (tertiary/aromatic N) is 2. The number of hydrogen-bond donors (Lipinski definition) is 1. The summed E-state index contributed by atoms with van der Waals surface area (Å²) in [7, 11) is 1.75. The van der Waals surface area contributed by atoms with Crippen LogP contribution in [0.3, 0.4) is 0 Å². The Morgan fingerprint density at radius 1 is 1.04 bits per heavy atom. The number of carbonyl (C=O) groups excluding carboxylic acids is 2. The first-order valence-corrected chi connectivity index (χ1v) is 9.87. The first-order valence-electron chi connectivity index (χ1n) is 9.87. The predicted molar refractivity (Wildman–Crippen MR) is 108 cm³/mol. The molecular weight excluding hydrogens is 352 g/mol. The lowest BCUT2D eigenvalue weighted by molar-refractivity contribution is -0.154. The molecule has 1 unspecified atom stereocenters. The highest BCUT2D eigenvalue weighted by atomic mass is 16.3. The molecule has 0 radical (unpaired) electrons. The third-order valence-corrected chi connectivity index (χ3v) is 6.16. The molecule has 2 heterocycles. The van der Waals surface area contributed by atoms with Crippen molar-refractivity contribution in [1.82, 2.24) is 9.80 Å². The Labute approximate surface area is 165 Å². The minimum atomic E-state index is -0.526. The van der Waals surface area contributed by atoms with Crippen LogP contribution in [0.4, 0.5) is 0 Å². The van der Waals surface area contributed by atoms with Gasteiger partial charge in [0.25, 0.3) is 5.91 Å². The molecule has 0 aliphatic carbocycles. The van der Waals surface area contributed by atoms with Crippen molar-refractivity contribution in [3.05, 3.63) is 60.2 Å². The number of likely N-dealkylation sites (tertiary alicyclic amines) is 2. The highest BCUT2D eigenvalue weighted by Gasteiger charge is 2.48. The molecule has 2 aliphatic rings. The van der Waals surface area contributed by atoms with Gasteiger partial charge in [-0.3, -0.25) is 9.59 Å². The fourth-order valence-electron chi connectivity index (χ4n) is 4.67. The van der Waals surface area contributed by atoms with Crippen LogP contribution in [0.15, 0.2) is 54.6 Å². The Balaban J connectivity index is 1.54. The Bertz CT molecular complexity index is 872. The van der Waals surface area contributed by atoms with Crippen LogP contribution < -0.4 is 0 Å². The average Bonchev–Trinajstić information content (AvgIpc) is 2.73. The van der Waals surface area contributed by atoms with Gasteiger partial charge in [0.05, 0.1) is 11.5 Å². The van der Waals surface area contributed by atoms with Crippen LogP contribution in [-0.4, -0.2) is 59.5 Å². The summed E-state index contributed by atoms with van der Waals surface area (Å²) < 4.78 is 0. The summed E-state index contributed by atoms with van der Waals surface area (Å²) in [6, 6.07) is 17.6. The summed E-state index contributed by atoms with van der Waals surface area (Å²) in [5.74, 6) is 0.112. The molecule has 146 valence electrons. The number of rotatable bonds is 2. The van der Waals surface area contributed by atoms with Crippen LogP contribution in [0.5, 0.6) is 0 Å². The van der Waals surface area contributed by atoms with Gasteiger partial charge in [0, 0.05) is 32.2 Å². The molecule has 0 saturated carbocycles. The number of piperidine rings is 2. The molecule has 4 rings (SSSR count). The van der Waals surface area contributed by atoms with E-state index in [0.29, 0.717) is 44.5 Å². The molecule has 2 aromatic rings. The zero-order valence-electron chi connectivity index (χ0n) is 16.2. The van der Waals surface area contributed by atoms with Gasteiger partial charge in [-0.2, -0.15) is 0 Å². The molecule has 2 aliphatic heterocycles. The van der Waals surface area contributed by atoms with Crippen molar-refractivity contribution in [2.75, 3.05) is 26.7 Å². The number of aliphatic hydroxyl groups is 1. The minimum absolute atomic E-state index is 0.00599. The largest absolute Gasteiger partial charge is 0.391 e. The van der Waals surface area contributed by atoms with Crippen molar-refractivity contribution < 1.29 is 14.7 Å². The van der Waals surface area contributed by atoms with Crippen molar-refractivity contribution in [3.8, 4) is 11.1 Å². The average molecular weight is 378 g/mol. The molecule has 1 atom stereocenters. The second kappa shape index (κ2) is 7.40. The van der Waals surface area contributed by atoms with Gasteiger partial charge in [0.2, 0.25) is 5.91 Å². The molecule has 0 aromatic heterocycles. The van der Waals surface area contributed by atoms with Gasteiger partial charge >= 0.3 is 0 Å². The van der Waals surface area contributed by atoms with Crippen LogP contribution in [0.1, 0.15) is 29.6 Å². The van der Waals surface area contributed by atoms with E-state index in [1.54, 1.807) is 11.9 Å². The molecule has 1 N–H and O–H groups in total. The van der Waals surface area contributed by atoms with Gasteiger partial charge in [-0.25, -0.2) is 0 Å². The van der Waals surface area contributed by atoms with E-state index in [0.717, 1.165) is 11.1 Å². The lowest BCUT2D eigenvalue weighted by atomic mass is 9.71. The summed E-state index contributed by atoms with van der Waals surface area (Å²) in [6.45, 7) is 1.47. The number of benzene rings is 2. The fraction of sp³-hybridized carbons (Fsp3) is 0.391. The number of hydrogen-bond acceptors (Lipinski definition) is 3. The SMILES string of the molecule is CN1CC(O)CC2(CCN(C(=O)c3ccccc3-c3ccccc3)CC2)C1=O. The Hall–Kier alpha value is -2.66. The van der Waals surface area contributed by atoms with Gasteiger partial charge in [-0.15, -0.1) is 0 Å². The Kier molecular flexibility index (Phi) is 4.94. The zero-order valence-corrected chi connectivity index (χ0v) is 16.2. The molecule has 28 heavy (non-hydrogen) atoms. The number of carbonyl (C=O) groups is 2. The van der Waals surface area contributed by atoms with Gasteiger partial charge in [-0.05, 0) is 36.5 Å². The maximum atomic E-state index is 13.3. The van der Waals surface area contributed by atoms with E-state index in [2.05, 4.69) is 0 Å². The van der Waals surface area contributed by atoms with E-state index in [-0.39, 0.29) is 11.8 Å². The maximum Gasteiger partial charge on any atom is 0.254 e.